The van der Waals surface area contributed by atoms with Gasteiger partial charge in [-0.25, -0.2) is 0 Å². The number of nitrogens with two attached hydrogens (primary N) is 1. The molecule has 1 aromatic carbocycles. The molecule has 21 heavy (non-hydrogen) atoms. The van der Waals surface area contributed by atoms with Crippen molar-refractivity contribution in [1.82, 2.24) is 0 Å². The van der Waals surface area contributed by atoms with E-state index in [4.69, 9.17) is 10.7 Å². The summed E-state index contributed by atoms with van der Waals surface area (Å²) in [5, 5.41) is 0. The molecule has 4 nitrogen and oxygen atoms in total. The summed E-state index contributed by atoms with van der Waals surface area (Å²) >= 11 is 0. The van der Waals surface area contributed by atoms with Gasteiger partial charge in [-0.05, 0) is 61.3 Å². The molecular weight excluding hydrogens is 266 g/mol. The van der Waals surface area contributed by atoms with Gasteiger partial charge >= 0.3 is 0 Å². The molecule has 110 valence electrons. The zero-order valence-electron chi connectivity index (χ0n) is 12.0. The van der Waals surface area contributed by atoms with Crippen molar-refractivity contribution < 1.29 is 14.4 Å². The third-order valence-electron chi connectivity index (χ3n) is 5.84. The van der Waals surface area contributed by atoms with Crippen LogP contribution in [0.1, 0.15) is 36.3 Å². The van der Waals surface area contributed by atoms with Crippen LogP contribution in [0.3, 0.4) is 0 Å². The fraction of sp³-hybridized carbons (Fsp3) is 0.529. The number of ketones is 2. The van der Waals surface area contributed by atoms with E-state index in [9.17, 15) is 9.59 Å². The first-order valence-electron chi connectivity index (χ1n) is 7.66. The Balaban J connectivity index is 1.77. The molecule has 1 aromatic rings. The quantitative estimate of drug-likeness (QED) is 0.667. The predicted octanol–water partition coefficient (Wildman–Crippen LogP) is 2.15. The Kier molecular flexibility index (Phi) is 2.73. The maximum Gasteiger partial charge on any atom is 0.151 e. The zero-order valence-corrected chi connectivity index (χ0v) is 12.0. The summed E-state index contributed by atoms with van der Waals surface area (Å²) in [4.78, 5) is 30.5. The van der Waals surface area contributed by atoms with Gasteiger partial charge < -0.3 is 4.84 Å². The fourth-order valence-electron chi connectivity index (χ4n) is 4.94. The van der Waals surface area contributed by atoms with Gasteiger partial charge in [-0.1, -0.05) is 6.07 Å². The fourth-order valence-corrected chi connectivity index (χ4v) is 4.94. The first kappa shape index (κ1) is 13.0. The Hall–Kier alpha value is -1.68. The van der Waals surface area contributed by atoms with E-state index in [-0.39, 0.29) is 23.4 Å². The second-order valence-electron chi connectivity index (χ2n) is 6.76. The van der Waals surface area contributed by atoms with Gasteiger partial charge in [0.25, 0.3) is 0 Å². The molecule has 4 rings (SSSR count). The van der Waals surface area contributed by atoms with Crippen molar-refractivity contribution in [1.29, 1.82) is 0 Å². The second kappa shape index (κ2) is 4.41. The molecule has 0 aromatic heterocycles. The lowest BCUT2D eigenvalue weighted by atomic mass is 9.81. The monoisotopic (exact) mass is 285 g/mol. The minimum atomic E-state index is -0.599. The minimum absolute atomic E-state index is 0.0249. The number of rotatable bonds is 2. The van der Waals surface area contributed by atoms with Crippen molar-refractivity contribution in [2.75, 3.05) is 0 Å². The summed E-state index contributed by atoms with van der Waals surface area (Å²) in [6, 6.07) is 5.37. The highest BCUT2D eigenvalue weighted by molar-refractivity contribution is 6.16. The summed E-state index contributed by atoms with van der Waals surface area (Å²) in [5.41, 5.74) is 1.73. The minimum Gasteiger partial charge on any atom is -0.412 e. The zero-order chi connectivity index (χ0) is 14.7. The van der Waals surface area contributed by atoms with E-state index in [2.05, 4.69) is 0 Å². The van der Waals surface area contributed by atoms with Gasteiger partial charge in [0, 0.05) is 11.8 Å². The molecule has 3 aliphatic rings. The third-order valence-corrected chi connectivity index (χ3v) is 5.84. The summed E-state index contributed by atoms with van der Waals surface area (Å²) in [6.45, 7) is 1.93. The Labute approximate surface area is 123 Å². The molecule has 0 aliphatic heterocycles. The predicted molar refractivity (Wildman–Crippen MR) is 76.6 cm³/mol. The Morgan fingerprint density at radius 2 is 1.71 bits per heavy atom. The van der Waals surface area contributed by atoms with E-state index in [1.165, 1.54) is 0 Å². The number of hydrogen-bond donors (Lipinski definition) is 1. The average molecular weight is 285 g/mol. The van der Waals surface area contributed by atoms with Crippen molar-refractivity contribution in [3.8, 4) is 5.75 Å². The lowest BCUT2D eigenvalue weighted by molar-refractivity contribution is -0.125. The van der Waals surface area contributed by atoms with Crippen LogP contribution in [-0.4, -0.2) is 11.6 Å². The maximum absolute atomic E-state index is 12.8. The van der Waals surface area contributed by atoms with Crippen LogP contribution >= 0.6 is 0 Å². The molecule has 3 saturated carbocycles. The first-order valence-corrected chi connectivity index (χ1v) is 7.66. The number of aryl methyl sites for hydroxylation is 1. The second-order valence-corrected chi connectivity index (χ2v) is 6.76. The Morgan fingerprint density at radius 1 is 1.10 bits per heavy atom. The van der Waals surface area contributed by atoms with Crippen molar-refractivity contribution in [2.24, 2.45) is 29.6 Å². The van der Waals surface area contributed by atoms with Crippen LogP contribution in [-0.2, 0) is 9.59 Å². The van der Waals surface area contributed by atoms with E-state index < -0.39 is 5.92 Å². The van der Waals surface area contributed by atoms with E-state index in [0.29, 0.717) is 17.6 Å². The van der Waals surface area contributed by atoms with Gasteiger partial charge in [-0.15, -0.1) is 0 Å². The van der Waals surface area contributed by atoms with Crippen LogP contribution in [0.5, 0.6) is 5.75 Å². The highest BCUT2D eigenvalue weighted by Crippen LogP contribution is 2.59. The van der Waals surface area contributed by atoms with Crippen LogP contribution < -0.4 is 10.7 Å². The Morgan fingerprint density at radius 3 is 2.29 bits per heavy atom. The summed E-state index contributed by atoms with van der Waals surface area (Å²) < 4.78 is 0. The SMILES string of the molecule is Cc1ccc(ON)cc1C1C(=O)C2C3CCC(C3)C2C1=O. The molecule has 0 saturated heterocycles. The lowest BCUT2D eigenvalue weighted by Crippen LogP contribution is -2.24. The molecule has 4 heteroatoms. The van der Waals surface area contributed by atoms with E-state index in [0.717, 1.165) is 30.4 Å². The van der Waals surface area contributed by atoms with Crippen molar-refractivity contribution in [3.63, 3.8) is 0 Å². The molecule has 0 heterocycles. The third kappa shape index (κ3) is 1.65. The van der Waals surface area contributed by atoms with E-state index >= 15 is 0 Å². The maximum atomic E-state index is 12.8. The van der Waals surface area contributed by atoms with E-state index in [1.54, 1.807) is 12.1 Å². The molecule has 2 N–H and O–H groups in total. The highest BCUT2D eigenvalue weighted by Gasteiger charge is 2.61. The number of carbonyl (C=O) groups is 2. The van der Waals surface area contributed by atoms with Gasteiger partial charge in [0.05, 0.1) is 0 Å². The molecule has 0 amide bonds. The van der Waals surface area contributed by atoms with Gasteiger partial charge in [-0.3, -0.25) is 9.59 Å². The molecule has 2 bridgehead atoms. The molecule has 3 aliphatic carbocycles. The summed E-state index contributed by atoms with van der Waals surface area (Å²) in [5.74, 6) is 6.21. The smallest absolute Gasteiger partial charge is 0.151 e. The number of carbonyl (C=O) groups excluding carboxylic acids is 2. The van der Waals surface area contributed by atoms with Gasteiger partial charge in [0.1, 0.15) is 11.7 Å². The number of benzene rings is 1. The molecule has 4 atom stereocenters. The molecule has 0 radical (unpaired) electrons. The topological polar surface area (TPSA) is 69.4 Å². The number of Topliss-reactive ketones (excluding diaryl/α,β-unsaturated/α-hetero) is 2. The largest absolute Gasteiger partial charge is 0.412 e. The molecule has 0 spiro atoms. The highest BCUT2D eigenvalue weighted by atomic mass is 16.6. The van der Waals surface area contributed by atoms with Crippen molar-refractivity contribution in [3.05, 3.63) is 29.3 Å². The average Bonchev–Trinajstić information content (AvgIpc) is 3.15. The molecular formula is C17H19NO3. The normalized spacial score (nSPS) is 37.1. The molecule has 4 unspecified atom stereocenters. The first-order chi connectivity index (χ1) is 10.1. The molecule has 3 fully saturated rings. The Bertz CT molecular complexity index is 611. The standard InChI is InChI=1S/C17H19NO3/c1-8-2-5-11(21-18)7-12(8)15-16(19)13-9-3-4-10(6-9)14(13)17(15)20/h2,5,7,9-10,13-15H,3-4,6,18H2,1H3. The van der Waals surface area contributed by atoms with Crippen molar-refractivity contribution in [2.45, 2.75) is 32.1 Å². The van der Waals surface area contributed by atoms with Crippen LogP contribution in [0.2, 0.25) is 0 Å². The summed E-state index contributed by atoms with van der Waals surface area (Å²) in [6.07, 6.45) is 3.30. The van der Waals surface area contributed by atoms with Gasteiger partial charge in [0.2, 0.25) is 0 Å². The number of fused-ring (bicyclic) bond motifs is 5. The van der Waals surface area contributed by atoms with Crippen LogP contribution in [0.25, 0.3) is 0 Å². The van der Waals surface area contributed by atoms with Gasteiger partial charge in [0.15, 0.2) is 11.6 Å². The van der Waals surface area contributed by atoms with Crippen LogP contribution in [0, 0.1) is 30.6 Å². The van der Waals surface area contributed by atoms with Gasteiger partial charge in [-0.2, -0.15) is 5.90 Å². The van der Waals surface area contributed by atoms with Crippen LogP contribution in [0.4, 0.5) is 0 Å². The number of hydrogen-bond acceptors (Lipinski definition) is 4. The summed E-state index contributed by atoms with van der Waals surface area (Å²) in [7, 11) is 0. The van der Waals surface area contributed by atoms with Crippen molar-refractivity contribution >= 4 is 11.6 Å². The van der Waals surface area contributed by atoms with E-state index in [1.807, 2.05) is 13.0 Å². The lowest BCUT2D eigenvalue weighted by Gasteiger charge is -2.21. The van der Waals surface area contributed by atoms with Crippen LogP contribution in [0.15, 0.2) is 18.2 Å².